The highest BCUT2D eigenvalue weighted by Gasteiger charge is 2.17. The fraction of sp³-hybridized carbons (Fsp3) is 0.214. The van der Waals surface area contributed by atoms with Crippen LogP contribution in [0.15, 0.2) is 40.6 Å². The second kappa shape index (κ2) is 6.60. The molecule has 0 aliphatic rings. The molecule has 0 saturated carbocycles. The molecule has 0 fully saturated rings. The molecule has 0 atom stereocenters. The van der Waals surface area contributed by atoms with Crippen LogP contribution in [-0.4, -0.2) is 14.3 Å². The molecule has 1 aromatic heterocycles. The van der Waals surface area contributed by atoms with Crippen LogP contribution in [0.5, 0.6) is 0 Å². The maximum atomic E-state index is 12.1. The number of amides is 1. The summed E-state index contributed by atoms with van der Waals surface area (Å²) in [5.41, 5.74) is 0.818. The molecule has 0 aliphatic heterocycles. The van der Waals surface area contributed by atoms with Crippen LogP contribution in [0.1, 0.15) is 16.9 Å². The van der Waals surface area contributed by atoms with Crippen molar-refractivity contribution in [1.82, 2.24) is 4.72 Å². The summed E-state index contributed by atoms with van der Waals surface area (Å²) in [6.07, 6.45) is 0.564. The van der Waals surface area contributed by atoms with Crippen LogP contribution in [0.2, 0.25) is 5.02 Å². The van der Waals surface area contributed by atoms with Gasteiger partial charge in [0.15, 0.2) is 0 Å². The van der Waals surface area contributed by atoms with Crippen LogP contribution < -0.4 is 4.72 Å². The minimum atomic E-state index is -3.80. The Bertz CT molecular complexity index is 753. The molecule has 0 radical (unpaired) electrons. The summed E-state index contributed by atoms with van der Waals surface area (Å²) in [7, 11) is -3.80. The average molecular weight is 344 g/mol. The third-order valence-electron chi connectivity index (χ3n) is 2.77. The second-order valence-corrected chi connectivity index (χ2v) is 7.69. The van der Waals surface area contributed by atoms with E-state index in [9.17, 15) is 13.2 Å². The highest BCUT2D eigenvalue weighted by atomic mass is 35.5. The smallest absolute Gasteiger partial charge is 0.264 e. The van der Waals surface area contributed by atoms with Gasteiger partial charge in [-0.05, 0) is 37.1 Å². The maximum absolute atomic E-state index is 12.1. The molecule has 2 aromatic rings. The van der Waals surface area contributed by atoms with Gasteiger partial charge in [0, 0.05) is 16.7 Å². The molecule has 4 nitrogen and oxygen atoms in total. The molecular weight excluding hydrogens is 330 g/mol. The highest BCUT2D eigenvalue weighted by molar-refractivity contribution is 7.90. The molecule has 0 saturated heterocycles. The van der Waals surface area contributed by atoms with E-state index in [1.807, 2.05) is 0 Å². The van der Waals surface area contributed by atoms with Gasteiger partial charge >= 0.3 is 0 Å². The van der Waals surface area contributed by atoms with Crippen LogP contribution >= 0.6 is 22.9 Å². The maximum Gasteiger partial charge on any atom is 0.264 e. The summed E-state index contributed by atoms with van der Waals surface area (Å²) >= 11 is 7.24. The average Bonchev–Trinajstić information content (AvgIpc) is 2.82. The van der Waals surface area contributed by atoms with E-state index in [1.165, 1.54) is 23.5 Å². The van der Waals surface area contributed by atoms with Crippen LogP contribution in [0.4, 0.5) is 0 Å². The molecule has 112 valence electrons. The fourth-order valence-corrected chi connectivity index (χ4v) is 3.96. The first-order chi connectivity index (χ1) is 9.87. The third-order valence-corrected chi connectivity index (χ3v) is 5.48. The molecule has 1 aromatic carbocycles. The van der Waals surface area contributed by atoms with E-state index in [0.29, 0.717) is 11.4 Å². The summed E-state index contributed by atoms with van der Waals surface area (Å²) in [5.74, 6) is -0.527. The minimum absolute atomic E-state index is 0.0926. The van der Waals surface area contributed by atoms with E-state index in [0.717, 1.165) is 10.4 Å². The van der Waals surface area contributed by atoms with E-state index in [1.54, 1.807) is 30.5 Å². The SMILES string of the molecule is Cc1cccc(S(=O)(=O)NC(=O)CCc2cc(Cl)cs2)c1. The van der Waals surface area contributed by atoms with Gasteiger partial charge in [-0.25, -0.2) is 13.1 Å². The van der Waals surface area contributed by atoms with Gasteiger partial charge in [-0.15, -0.1) is 11.3 Å². The van der Waals surface area contributed by atoms with Gasteiger partial charge in [-0.3, -0.25) is 4.79 Å². The van der Waals surface area contributed by atoms with Crippen molar-refractivity contribution in [2.24, 2.45) is 0 Å². The number of aryl methyl sites for hydroxylation is 2. The summed E-state index contributed by atoms with van der Waals surface area (Å²) in [4.78, 5) is 12.8. The van der Waals surface area contributed by atoms with Gasteiger partial charge in [0.2, 0.25) is 5.91 Å². The molecule has 1 N–H and O–H groups in total. The number of carbonyl (C=O) groups excluding carboxylic acids is 1. The predicted molar refractivity (Wildman–Crippen MR) is 84.2 cm³/mol. The third kappa shape index (κ3) is 4.56. The Balaban J connectivity index is 1.98. The highest BCUT2D eigenvalue weighted by Crippen LogP contribution is 2.20. The van der Waals surface area contributed by atoms with Crippen LogP contribution in [0.3, 0.4) is 0 Å². The minimum Gasteiger partial charge on any atom is -0.274 e. The van der Waals surface area contributed by atoms with Crippen molar-refractivity contribution in [3.63, 3.8) is 0 Å². The molecule has 1 heterocycles. The zero-order chi connectivity index (χ0) is 15.5. The van der Waals surface area contributed by atoms with Gasteiger partial charge in [-0.1, -0.05) is 23.7 Å². The van der Waals surface area contributed by atoms with Crippen molar-refractivity contribution >= 4 is 38.9 Å². The van der Waals surface area contributed by atoms with Gasteiger partial charge in [0.25, 0.3) is 10.0 Å². The number of thiophene rings is 1. The van der Waals surface area contributed by atoms with Crippen LogP contribution in [-0.2, 0) is 21.2 Å². The number of nitrogens with one attached hydrogen (secondary N) is 1. The van der Waals surface area contributed by atoms with Crippen molar-refractivity contribution in [3.8, 4) is 0 Å². The summed E-state index contributed by atoms with van der Waals surface area (Å²) in [6, 6.07) is 8.19. The summed E-state index contributed by atoms with van der Waals surface area (Å²) < 4.78 is 26.2. The van der Waals surface area contributed by atoms with Crippen molar-refractivity contribution < 1.29 is 13.2 Å². The zero-order valence-electron chi connectivity index (χ0n) is 11.3. The standard InChI is InChI=1S/C14H14ClNO3S2/c1-10-3-2-4-13(7-10)21(18,19)16-14(17)6-5-12-8-11(15)9-20-12/h2-4,7-9H,5-6H2,1H3,(H,16,17). The van der Waals surface area contributed by atoms with E-state index in [-0.39, 0.29) is 11.3 Å². The Morgan fingerprint density at radius 2 is 2.10 bits per heavy atom. The molecular formula is C14H14ClNO3S2. The number of carbonyl (C=O) groups is 1. The monoisotopic (exact) mass is 343 g/mol. The molecule has 0 aliphatic carbocycles. The Morgan fingerprint density at radius 3 is 2.71 bits per heavy atom. The molecule has 0 spiro atoms. The first kappa shape index (κ1) is 16.0. The molecule has 0 unspecified atom stereocenters. The lowest BCUT2D eigenvalue weighted by Crippen LogP contribution is -2.30. The fourth-order valence-electron chi connectivity index (χ4n) is 1.76. The number of hydrogen-bond donors (Lipinski definition) is 1. The predicted octanol–water partition coefficient (Wildman–Crippen LogP) is 3.15. The molecule has 2 rings (SSSR count). The van der Waals surface area contributed by atoms with Gasteiger partial charge in [-0.2, -0.15) is 0 Å². The molecule has 21 heavy (non-hydrogen) atoms. The summed E-state index contributed by atoms with van der Waals surface area (Å²) in [5, 5.41) is 2.40. The van der Waals surface area contributed by atoms with E-state index < -0.39 is 15.9 Å². The topological polar surface area (TPSA) is 63.2 Å². The Hall–Kier alpha value is -1.37. The van der Waals surface area contributed by atoms with Crippen LogP contribution in [0.25, 0.3) is 0 Å². The van der Waals surface area contributed by atoms with Gasteiger partial charge < -0.3 is 0 Å². The molecule has 0 bridgehead atoms. The second-order valence-electron chi connectivity index (χ2n) is 4.58. The lowest BCUT2D eigenvalue weighted by atomic mass is 10.2. The van der Waals surface area contributed by atoms with Crippen molar-refractivity contribution in [2.45, 2.75) is 24.7 Å². The van der Waals surface area contributed by atoms with Crippen LogP contribution in [0, 0.1) is 6.92 Å². The van der Waals surface area contributed by atoms with E-state index in [4.69, 9.17) is 11.6 Å². The number of sulfonamides is 1. The molecule has 1 amide bonds. The van der Waals surface area contributed by atoms with Crippen molar-refractivity contribution in [3.05, 3.63) is 51.2 Å². The Labute approximate surface area is 132 Å². The van der Waals surface area contributed by atoms with Crippen molar-refractivity contribution in [1.29, 1.82) is 0 Å². The van der Waals surface area contributed by atoms with Crippen molar-refractivity contribution in [2.75, 3.05) is 0 Å². The van der Waals surface area contributed by atoms with Gasteiger partial charge in [0.05, 0.1) is 9.92 Å². The van der Waals surface area contributed by atoms with E-state index in [2.05, 4.69) is 4.72 Å². The Kier molecular flexibility index (Phi) is 5.03. The normalized spacial score (nSPS) is 11.3. The van der Waals surface area contributed by atoms with Gasteiger partial charge in [0.1, 0.15) is 0 Å². The first-order valence-corrected chi connectivity index (χ1v) is 8.96. The summed E-state index contributed by atoms with van der Waals surface area (Å²) in [6.45, 7) is 1.79. The number of rotatable bonds is 5. The zero-order valence-corrected chi connectivity index (χ0v) is 13.7. The largest absolute Gasteiger partial charge is 0.274 e. The number of benzene rings is 1. The quantitative estimate of drug-likeness (QED) is 0.907. The molecule has 7 heteroatoms. The number of halogens is 1. The Morgan fingerprint density at radius 1 is 1.33 bits per heavy atom. The van der Waals surface area contributed by atoms with E-state index >= 15 is 0 Å². The number of hydrogen-bond acceptors (Lipinski definition) is 4. The lowest BCUT2D eigenvalue weighted by Gasteiger charge is -2.07. The first-order valence-electron chi connectivity index (χ1n) is 6.22. The lowest BCUT2D eigenvalue weighted by molar-refractivity contribution is -0.119.